The van der Waals surface area contributed by atoms with E-state index in [1.165, 1.54) is 11.1 Å². The highest BCUT2D eigenvalue weighted by atomic mass is 16.5. The Balaban J connectivity index is 2.88. The first-order chi connectivity index (χ1) is 10.5. The Morgan fingerprint density at radius 1 is 1.09 bits per heavy atom. The molecule has 1 aromatic rings. The molecule has 126 valence electrons. The molecule has 0 aliphatic heterocycles. The van der Waals surface area contributed by atoms with Crippen LogP contribution in [0.15, 0.2) is 12.3 Å². The summed E-state index contributed by atoms with van der Waals surface area (Å²) in [6.45, 7) is 6.43. The van der Waals surface area contributed by atoms with E-state index >= 15 is 0 Å². The molecule has 3 unspecified atom stereocenters. The van der Waals surface area contributed by atoms with Crippen LogP contribution in [0.2, 0.25) is 0 Å². The van der Waals surface area contributed by atoms with E-state index in [4.69, 9.17) is 9.47 Å². The lowest BCUT2D eigenvalue weighted by Crippen LogP contribution is -2.14. The van der Waals surface area contributed by atoms with Gasteiger partial charge in [-0.15, -0.1) is 0 Å². The number of hydrogen-bond acceptors (Lipinski definition) is 4. The summed E-state index contributed by atoms with van der Waals surface area (Å²) < 4.78 is 10.7. The predicted octanol–water partition coefficient (Wildman–Crippen LogP) is 2.80. The van der Waals surface area contributed by atoms with Gasteiger partial charge in [-0.1, -0.05) is 13.0 Å². The molecular weight excluding hydrogens is 278 g/mol. The topological polar surface area (TPSA) is 51.6 Å². The second-order valence-electron chi connectivity index (χ2n) is 6.28. The number of aliphatic hydroxyl groups excluding tert-OH is 1. The fourth-order valence-electron chi connectivity index (χ4n) is 2.38. The largest absolute Gasteiger partial charge is 0.396 e. The highest BCUT2D eigenvalue weighted by Crippen LogP contribution is 2.17. The summed E-state index contributed by atoms with van der Waals surface area (Å²) in [7, 11) is 3.47. The first kappa shape index (κ1) is 19.1. The molecule has 1 rings (SSSR count). The number of hydrogen-bond donors (Lipinski definition) is 1. The molecule has 0 bridgehead atoms. The van der Waals surface area contributed by atoms with E-state index in [0.717, 1.165) is 31.4 Å². The number of ether oxygens (including phenoxy) is 2. The zero-order valence-corrected chi connectivity index (χ0v) is 14.6. The van der Waals surface area contributed by atoms with Crippen LogP contribution in [0.4, 0.5) is 0 Å². The van der Waals surface area contributed by atoms with Crippen molar-refractivity contribution in [3.8, 4) is 0 Å². The monoisotopic (exact) mass is 309 g/mol. The molecule has 1 heterocycles. The second kappa shape index (κ2) is 9.93. The highest BCUT2D eigenvalue weighted by Gasteiger charge is 2.12. The van der Waals surface area contributed by atoms with E-state index in [0.29, 0.717) is 5.92 Å². The smallest absolute Gasteiger partial charge is 0.0584 e. The normalized spacial score (nSPS) is 15.5. The van der Waals surface area contributed by atoms with Crippen molar-refractivity contribution in [3.05, 3.63) is 29.1 Å². The Kier molecular flexibility index (Phi) is 8.61. The number of nitrogens with zero attached hydrogens (tertiary/aromatic N) is 1. The molecule has 0 saturated carbocycles. The van der Waals surface area contributed by atoms with Gasteiger partial charge >= 0.3 is 0 Å². The molecule has 0 saturated heterocycles. The summed E-state index contributed by atoms with van der Waals surface area (Å²) in [5.74, 6) is 0.308. The third-order valence-corrected chi connectivity index (χ3v) is 4.14. The zero-order chi connectivity index (χ0) is 16.5. The lowest BCUT2D eigenvalue weighted by Gasteiger charge is -2.17. The Bertz CT molecular complexity index is 436. The van der Waals surface area contributed by atoms with Crippen LogP contribution in [0.3, 0.4) is 0 Å². The lowest BCUT2D eigenvalue weighted by molar-refractivity contribution is 0.117. The molecule has 0 aromatic carbocycles. The SMILES string of the molecule is COC(C)Cc1cnc(CCC(C)CO)c(CC(C)OC)c1. The zero-order valence-electron chi connectivity index (χ0n) is 14.6. The molecule has 4 heteroatoms. The van der Waals surface area contributed by atoms with Crippen molar-refractivity contribution >= 4 is 0 Å². The Morgan fingerprint density at radius 2 is 1.73 bits per heavy atom. The van der Waals surface area contributed by atoms with Crippen molar-refractivity contribution in [3.63, 3.8) is 0 Å². The first-order valence-electron chi connectivity index (χ1n) is 8.13. The average Bonchev–Trinajstić information content (AvgIpc) is 2.53. The van der Waals surface area contributed by atoms with Gasteiger partial charge in [0, 0.05) is 39.1 Å². The van der Waals surface area contributed by atoms with Gasteiger partial charge < -0.3 is 14.6 Å². The summed E-state index contributed by atoms with van der Waals surface area (Å²) in [5, 5.41) is 9.18. The summed E-state index contributed by atoms with van der Waals surface area (Å²) in [6, 6.07) is 2.23. The fourth-order valence-corrected chi connectivity index (χ4v) is 2.38. The molecule has 0 amide bonds. The van der Waals surface area contributed by atoms with Crippen molar-refractivity contribution in [1.82, 2.24) is 4.98 Å². The second-order valence-corrected chi connectivity index (χ2v) is 6.28. The summed E-state index contributed by atoms with van der Waals surface area (Å²) >= 11 is 0. The molecule has 4 nitrogen and oxygen atoms in total. The Morgan fingerprint density at radius 3 is 2.32 bits per heavy atom. The molecule has 1 aromatic heterocycles. The van der Waals surface area contributed by atoms with E-state index in [-0.39, 0.29) is 18.8 Å². The van der Waals surface area contributed by atoms with Crippen LogP contribution in [0.5, 0.6) is 0 Å². The number of aliphatic hydroxyl groups is 1. The van der Waals surface area contributed by atoms with Crippen LogP contribution in [-0.2, 0) is 28.7 Å². The van der Waals surface area contributed by atoms with Gasteiger partial charge in [0.2, 0.25) is 0 Å². The lowest BCUT2D eigenvalue weighted by atomic mass is 9.97. The summed E-state index contributed by atoms with van der Waals surface area (Å²) in [6.07, 6.45) is 5.89. The van der Waals surface area contributed by atoms with Crippen LogP contribution >= 0.6 is 0 Å². The summed E-state index contributed by atoms with van der Waals surface area (Å²) in [4.78, 5) is 4.67. The van der Waals surface area contributed by atoms with Crippen molar-refractivity contribution in [1.29, 1.82) is 0 Å². The van der Waals surface area contributed by atoms with Crippen LogP contribution in [-0.4, -0.2) is 43.1 Å². The average molecular weight is 309 g/mol. The van der Waals surface area contributed by atoms with Gasteiger partial charge in [-0.25, -0.2) is 0 Å². The van der Waals surface area contributed by atoms with Gasteiger partial charge in [-0.05, 0) is 50.2 Å². The van der Waals surface area contributed by atoms with Crippen LogP contribution in [0.25, 0.3) is 0 Å². The molecular formula is C18H31NO3. The van der Waals surface area contributed by atoms with E-state index < -0.39 is 0 Å². The molecule has 22 heavy (non-hydrogen) atoms. The van der Waals surface area contributed by atoms with E-state index in [2.05, 4.69) is 31.8 Å². The molecule has 0 radical (unpaired) electrons. The maximum absolute atomic E-state index is 9.18. The van der Waals surface area contributed by atoms with Crippen LogP contribution < -0.4 is 0 Å². The number of aryl methyl sites for hydroxylation is 1. The summed E-state index contributed by atoms with van der Waals surface area (Å²) in [5.41, 5.74) is 3.57. The van der Waals surface area contributed by atoms with Crippen molar-refractivity contribution in [2.45, 2.75) is 58.7 Å². The minimum absolute atomic E-state index is 0.172. The molecule has 0 fully saturated rings. The minimum Gasteiger partial charge on any atom is -0.396 e. The quantitative estimate of drug-likeness (QED) is 0.722. The van der Waals surface area contributed by atoms with Gasteiger partial charge in [0.05, 0.1) is 12.2 Å². The van der Waals surface area contributed by atoms with Gasteiger partial charge in [-0.3, -0.25) is 4.98 Å². The highest BCUT2D eigenvalue weighted by molar-refractivity contribution is 5.27. The van der Waals surface area contributed by atoms with Crippen molar-refractivity contribution < 1.29 is 14.6 Å². The number of rotatable bonds is 10. The number of methoxy groups -OCH3 is 2. The van der Waals surface area contributed by atoms with E-state index in [1.807, 2.05) is 6.20 Å². The maximum atomic E-state index is 9.18. The van der Waals surface area contributed by atoms with Crippen LogP contribution in [0.1, 0.15) is 44.0 Å². The predicted molar refractivity (Wildman–Crippen MR) is 89.2 cm³/mol. The number of pyridine rings is 1. The van der Waals surface area contributed by atoms with Gasteiger partial charge in [0.25, 0.3) is 0 Å². The Hall–Kier alpha value is -0.970. The van der Waals surface area contributed by atoms with Crippen LogP contribution in [0, 0.1) is 5.92 Å². The van der Waals surface area contributed by atoms with Gasteiger partial charge in [0.15, 0.2) is 0 Å². The molecule has 3 atom stereocenters. The van der Waals surface area contributed by atoms with Crippen molar-refractivity contribution in [2.75, 3.05) is 20.8 Å². The van der Waals surface area contributed by atoms with E-state index in [9.17, 15) is 5.11 Å². The van der Waals surface area contributed by atoms with Gasteiger partial charge in [0.1, 0.15) is 0 Å². The molecule has 0 spiro atoms. The van der Waals surface area contributed by atoms with Gasteiger partial charge in [-0.2, -0.15) is 0 Å². The third kappa shape index (κ3) is 6.42. The fraction of sp³-hybridized carbons (Fsp3) is 0.722. The first-order valence-corrected chi connectivity index (χ1v) is 8.13. The number of aromatic nitrogens is 1. The molecule has 0 aliphatic carbocycles. The maximum Gasteiger partial charge on any atom is 0.0584 e. The standard InChI is InChI=1S/C18H31NO3/c1-13(12-20)6-7-18-17(9-15(3)22-5)10-16(11-19-18)8-14(2)21-4/h10-11,13-15,20H,6-9,12H2,1-5H3. The van der Waals surface area contributed by atoms with E-state index in [1.54, 1.807) is 14.2 Å². The molecule has 1 N–H and O–H groups in total. The van der Waals surface area contributed by atoms with Crippen molar-refractivity contribution in [2.24, 2.45) is 5.92 Å². The minimum atomic E-state index is 0.172. The third-order valence-electron chi connectivity index (χ3n) is 4.14. The Labute approximate surface area is 134 Å². The molecule has 0 aliphatic rings.